The van der Waals surface area contributed by atoms with Gasteiger partial charge >= 0.3 is 0 Å². The first-order chi connectivity index (χ1) is 21.2. The summed E-state index contributed by atoms with van der Waals surface area (Å²) in [5.41, 5.74) is 1.12. The van der Waals surface area contributed by atoms with Gasteiger partial charge in [0.15, 0.2) is 0 Å². The van der Waals surface area contributed by atoms with Crippen LogP contribution in [-0.4, -0.2) is 46.0 Å². The molecule has 11 nitrogen and oxygen atoms in total. The first-order valence-corrected chi connectivity index (χ1v) is 16.1. The number of hydrogen-bond acceptors (Lipinski definition) is 8. The maximum atomic E-state index is 11.8. The number of aliphatic hydroxyl groups excluding tert-OH is 1. The zero-order chi connectivity index (χ0) is 32.3. The van der Waals surface area contributed by atoms with Crippen LogP contribution in [0.1, 0.15) is 90.5 Å². The van der Waals surface area contributed by atoms with Gasteiger partial charge < -0.3 is 20.1 Å². The lowest BCUT2D eigenvalue weighted by molar-refractivity contribution is -0.772. The van der Waals surface area contributed by atoms with Crippen molar-refractivity contribution in [3.8, 4) is 0 Å². The van der Waals surface area contributed by atoms with Crippen molar-refractivity contribution in [2.24, 2.45) is 23.7 Å². The van der Waals surface area contributed by atoms with Gasteiger partial charge in [0.05, 0.1) is 6.10 Å². The molecule has 0 spiro atoms. The number of benzene rings is 1. The van der Waals surface area contributed by atoms with Crippen LogP contribution in [0.15, 0.2) is 54.6 Å². The molecule has 1 aliphatic rings. The van der Waals surface area contributed by atoms with Crippen LogP contribution >= 0.6 is 0 Å². The average Bonchev–Trinajstić information content (AvgIpc) is 3.34. The van der Waals surface area contributed by atoms with Crippen molar-refractivity contribution < 1.29 is 29.7 Å². The van der Waals surface area contributed by atoms with Gasteiger partial charge in [0.1, 0.15) is 12.2 Å². The minimum Gasteiger partial charge on any atom is -0.389 e. The second kappa shape index (κ2) is 20.5. The molecular formula is C33H51N3O8. The molecule has 1 aliphatic carbocycles. The van der Waals surface area contributed by atoms with E-state index < -0.39 is 28.5 Å². The lowest BCUT2D eigenvalue weighted by Crippen LogP contribution is -2.31. The number of aryl methyl sites for hydroxylation is 1. The summed E-state index contributed by atoms with van der Waals surface area (Å²) in [5.74, 6) is -0.853. The van der Waals surface area contributed by atoms with Gasteiger partial charge in [-0.25, -0.2) is 0 Å². The van der Waals surface area contributed by atoms with E-state index in [0.717, 1.165) is 5.56 Å². The van der Waals surface area contributed by atoms with Gasteiger partial charge in [-0.05, 0) is 87.5 Å². The second-order valence-electron chi connectivity index (χ2n) is 11.6. The summed E-state index contributed by atoms with van der Waals surface area (Å²) in [5, 5.41) is 35.2. The summed E-state index contributed by atoms with van der Waals surface area (Å²) >= 11 is 0. The maximum absolute atomic E-state index is 11.8. The van der Waals surface area contributed by atoms with Crippen LogP contribution in [0.25, 0.3) is 0 Å². The summed E-state index contributed by atoms with van der Waals surface area (Å²) in [6.07, 6.45) is 12.2. The molecule has 1 aromatic carbocycles. The fourth-order valence-electron chi connectivity index (χ4n) is 6.52. The zero-order valence-electron chi connectivity index (χ0n) is 26.4. The van der Waals surface area contributed by atoms with E-state index in [-0.39, 0.29) is 29.6 Å². The Labute approximate surface area is 261 Å². The van der Waals surface area contributed by atoms with Crippen molar-refractivity contribution in [3.05, 3.63) is 80.4 Å². The third-order valence-electron chi connectivity index (χ3n) is 8.48. The summed E-state index contributed by atoms with van der Waals surface area (Å²) in [6, 6.07) is 9.90. The number of nitrogens with one attached hydrogen (secondary N) is 1. The Morgan fingerprint density at radius 2 is 1.64 bits per heavy atom. The molecule has 2 rings (SSSR count). The monoisotopic (exact) mass is 617 g/mol. The molecule has 1 amide bonds. The van der Waals surface area contributed by atoms with Crippen molar-refractivity contribution in [1.82, 2.24) is 5.32 Å². The van der Waals surface area contributed by atoms with Gasteiger partial charge in [-0.2, -0.15) is 0 Å². The molecule has 0 radical (unpaired) electrons. The Balaban J connectivity index is 2.35. The van der Waals surface area contributed by atoms with Gasteiger partial charge in [0.25, 0.3) is 10.2 Å². The molecule has 0 aromatic heterocycles. The van der Waals surface area contributed by atoms with Crippen LogP contribution in [0.4, 0.5) is 0 Å². The van der Waals surface area contributed by atoms with Crippen LogP contribution in [0, 0.1) is 43.9 Å². The van der Waals surface area contributed by atoms with E-state index in [9.17, 15) is 30.1 Å². The van der Waals surface area contributed by atoms with Crippen molar-refractivity contribution in [2.45, 2.75) is 110 Å². The predicted molar refractivity (Wildman–Crippen MR) is 168 cm³/mol. The topological polar surface area (TPSA) is 154 Å². The molecule has 11 heteroatoms. The van der Waals surface area contributed by atoms with E-state index in [1.54, 1.807) is 6.08 Å². The van der Waals surface area contributed by atoms with Crippen LogP contribution in [0.5, 0.6) is 0 Å². The van der Waals surface area contributed by atoms with Gasteiger partial charge in [0, 0.05) is 13.0 Å². The SMILES string of the molecule is CCCC(O[N+](=O)[O-])[C@H]1C[C@@H](C(CCC)O[N+](=O)[O-])[C@H](/C=C/[C@@H](O)CCc2ccccc2)[C@H]1C/C=C\CCCC(=O)NCC. The Bertz CT molecular complexity index is 1050. The normalized spacial score (nSPS) is 22.1. The smallest absolute Gasteiger partial charge is 0.294 e. The summed E-state index contributed by atoms with van der Waals surface area (Å²) in [7, 11) is 0. The number of rotatable bonds is 22. The first-order valence-electron chi connectivity index (χ1n) is 16.1. The number of hydrogen-bond donors (Lipinski definition) is 2. The van der Waals surface area contributed by atoms with Crippen LogP contribution in [0.2, 0.25) is 0 Å². The number of carbonyl (C=O) groups is 1. The molecule has 246 valence electrons. The van der Waals surface area contributed by atoms with E-state index in [2.05, 4.69) is 5.32 Å². The number of unbranched alkanes of at least 4 members (excludes halogenated alkanes) is 1. The Morgan fingerprint density at radius 3 is 2.23 bits per heavy atom. The maximum Gasteiger partial charge on any atom is 0.294 e. The molecule has 0 saturated heterocycles. The first kappa shape index (κ1) is 36.7. The number of allylic oxidation sites excluding steroid dienone is 3. The molecule has 0 bridgehead atoms. The Hall–Kier alpha value is -3.47. The van der Waals surface area contributed by atoms with Crippen LogP contribution in [-0.2, 0) is 20.9 Å². The number of aliphatic hydroxyl groups is 1. The van der Waals surface area contributed by atoms with Gasteiger partial charge in [-0.1, -0.05) is 81.3 Å². The highest BCUT2D eigenvalue weighted by Gasteiger charge is 2.48. The van der Waals surface area contributed by atoms with Crippen molar-refractivity contribution >= 4 is 5.91 Å². The fourth-order valence-corrected chi connectivity index (χ4v) is 6.52. The largest absolute Gasteiger partial charge is 0.389 e. The lowest BCUT2D eigenvalue weighted by Gasteiger charge is -2.29. The van der Waals surface area contributed by atoms with Crippen LogP contribution < -0.4 is 5.32 Å². The molecule has 2 unspecified atom stereocenters. The third-order valence-corrected chi connectivity index (χ3v) is 8.48. The zero-order valence-corrected chi connectivity index (χ0v) is 26.4. The summed E-state index contributed by atoms with van der Waals surface area (Å²) in [6.45, 7) is 6.37. The quantitative estimate of drug-likeness (QED) is 0.0655. The van der Waals surface area contributed by atoms with E-state index >= 15 is 0 Å². The molecule has 2 N–H and O–H groups in total. The van der Waals surface area contributed by atoms with E-state index in [0.29, 0.717) is 77.2 Å². The minimum absolute atomic E-state index is 0.0164. The highest BCUT2D eigenvalue weighted by Crippen LogP contribution is 2.50. The van der Waals surface area contributed by atoms with Crippen molar-refractivity contribution in [2.75, 3.05) is 6.54 Å². The van der Waals surface area contributed by atoms with E-state index in [1.165, 1.54) is 0 Å². The number of amides is 1. The van der Waals surface area contributed by atoms with Gasteiger partial charge in [-0.15, -0.1) is 20.2 Å². The highest BCUT2D eigenvalue weighted by atomic mass is 17.0. The molecule has 7 atom stereocenters. The molecular weight excluding hydrogens is 566 g/mol. The molecule has 1 fully saturated rings. The Kier molecular flexibility index (Phi) is 17.1. The molecule has 44 heavy (non-hydrogen) atoms. The molecule has 1 aromatic rings. The highest BCUT2D eigenvalue weighted by molar-refractivity contribution is 5.75. The number of carbonyl (C=O) groups excluding carboxylic acids is 1. The Morgan fingerprint density at radius 1 is 1.00 bits per heavy atom. The minimum atomic E-state index is -0.746. The molecule has 0 heterocycles. The van der Waals surface area contributed by atoms with Crippen molar-refractivity contribution in [3.63, 3.8) is 0 Å². The molecule has 1 saturated carbocycles. The summed E-state index contributed by atoms with van der Waals surface area (Å²) in [4.78, 5) is 45.3. The lowest BCUT2D eigenvalue weighted by atomic mass is 9.79. The standard InChI is InChI=1S/C33H51N3O8/c1-4-14-31(43-35(39)40)29-24-30(32(15-5-2)44-36(41)42)28(23-22-26(37)21-20-25-16-10-9-11-17-25)27(29)18-12-7-8-13-19-33(38)34-6-3/h7,9-12,16-17,22-23,26-32,37H,4-6,8,13-15,18-21,24H2,1-3H3,(H,34,38)/b12-7-,23-22+/t26-,27+,28+,29-,30+,31?,32?/m0/s1. The summed E-state index contributed by atoms with van der Waals surface area (Å²) < 4.78 is 0. The van der Waals surface area contributed by atoms with Gasteiger partial charge in [0.2, 0.25) is 5.91 Å². The third kappa shape index (κ3) is 13.0. The van der Waals surface area contributed by atoms with E-state index in [4.69, 9.17) is 9.68 Å². The fraction of sp³-hybridized carbons (Fsp3) is 0.667. The van der Waals surface area contributed by atoms with E-state index in [1.807, 2.05) is 69.3 Å². The predicted octanol–water partition coefficient (Wildman–Crippen LogP) is 6.41. The van der Waals surface area contributed by atoms with Crippen LogP contribution in [0.3, 0.4) is 0 Å². The second-order valence-corrected chi connectivity index (χ2v) is 11.6. The number of nitrogens with zero attached hydrogens (tertiary/aromatic N) is 2. The van der Waals surface area contributed by atoms with Gasteiger partial charge in [-0.3, -0.25) is 4.79 Å². The average molecular weight is 618 g/mol. The van der Waals surface area contributed by atoms with Crippen molar-refractivity contribution in [1.29, 1.82) is 0 Å². The molecule has 0 aliphatic heterocycles.